The minimum absolute atomic E-state index is 0.0636. The number of aromatic amines is 1. The predicted octanol–water partition coefficient (Wildman–Crippen LogP) is 3.06. The molecule has 0 saturated carbocycles. The second-order valence-corrected chi connectivity index (χ2v) is 6.61. The van der Waals surface area contributed by atoms with E-state index in [1.54, 1.807) is 24.3 Å². The van der Waals surface area contributed by atoms with Gasteiger partial charge in [-0.15, -0.1) is 5.10 Å². The van der Waals surface area contributed by atoms with Crippen molar-refractivity contribution < 1.29 is 9.59 Å². The summed E-state index contributed by atoms with van der Waals surface area (Å²) < 4.78 is 0. The summed E-state index contributed by atoms with van der Waals surface area (Å²) in [6.45, 7) is 1.48. The number of carbonyl (C=O) groups excluding carboxylic acids is 2. The number of benzene rings is 2. The summed E-state index contributed by atoms with van der Waals surface area (Å²) in [6, 6.07) is 16.1. The first-order valence-corrected chi connectivity index (χ1v) is 8.72. The first kappa shape index (κ1) is 17.7. The lowest BCUT2D eigenvalue weighted by atomic mass is 10.1. The number of hydrogen-bond donors (Lipinski definition) is 3. The number of amides is 1. The molecule has 0 aliphatic carbocycles. The van der Waals surface area contributed by atoms with Crippen molar-refractivity contribution in [2.75, 3.05) is 11.1 Å². The van der Waals surface area contributed by atoms with Crippen LogP contribution in [-0.4, -0.2) is 26.9 Å². The Morgan fingerprint density at radius 3 is 2.58 bits per heavy atom. The molecule has 3 aromatic rings. The maximum Gasteiger partial charge on any atom is 0.242 e. The molecular weight excluding hydrogens is 350 g/mol. The molecule has 0 saturated heterocycles. The van der Waals surface area contributed by atoms with Gasteiger partial charge in [-0.1, -0.05) is 54.2 Å². The second kappa shape index (κ2) is 7.83. The van der Waals surface area contributed by atoms with Crippen LogP contribution in [-0.2, 0) is 4.79 Å². The van der Waals surface area contributed by atoms with Crippen molar-refractivity contribution in [3.63, 3.8) is 0 Å². The molecular formula is C18H17N5O2S. The number of nitrogen functional groups attached to an aromatic ring is 1. The van der Waals surface area contributed by atoms with Gasteiger partial charge in [0.25, 0.3) is 0 Å². The molecule has 2 aromatic carbocycles. The smallest absolute Gasteiger partial charge is 0.242 e. The summed E-state index contributed by atoms with van der Waals surface area (Å²) in [7, 11) is 0. The Balaban J connectivity index is 1.85. The predicted molar refractivity (Wildman–Crippen MR) is 101 cm³/mol. The van der Waals surface area contributed by atoms with Gasteiger partial charge in [-0.05, 0) is 24.6 Å². The van der Waals surface area contributed by atoms with Crippen molar-refractivity contribution >= 4 is 35.1 Å². The number of nitrogens with one attached hydrogen (secondary N) is 2. The van der Waals surface area contributed by atoms with Gasteiger partial charge in [-0.3, -0.25) is 9.59 Å². The number of carbonyl (C=O) groups is 2. The Labute approximate surface area is 154 Å². The molecule has 132 valence electrons. The van der Waals surface area contributed by atoms with Crippen LogP contribution < -0.4 is 11.1 Å². The monoisotopic (exact) mass is 367 g/mol. The van der Waals surface area contributed by atoms with Gasteiger partial charge in [0.2, 0.25) is 17.0 Å². The van der Waals surface area contributed by atoms with Crippen LogP contribution in [0.4, 0.5) is 11.6 Å². The molecule has 0 fully saturated rings. The summed E-state index contributed by atoms with van der Waals surface area (Å²) in [6.07, 6.45) is 0. The Hall–Kier alpha value is -3.13. The van der Waals surface area contributed by atoms with E-state index in [2.05, 4.69) is 20.5 Å². The largest absolute Gasteiger partial charge is 0.368 e. The maximum atomic E-state index is 12.9. The van der Waals surface area contributed by atoms with E-state index in [1.165, 1.54) is 18.7 Å². The third kappa shape index (κ3) is 4.28. The number of ketones is 1. The van der Waals surface area contributed by atoms with Crippen LogP contribution in [0.2, 0.25) is 0 Å². The van der Waals surface area contributed by atoms with Crippen LogP contribution in [0.3, 0.4) is 0 Å². The highest BCUT2D eigenvalue weighted by atomic mass is 32.2. The average molecular weight is 367 g/mol. The normalized spacial score (nSPS) is 11.7. The van der Waals surface area contributed by atoms with Crippen molar-refractivity contribution in [1.29, 1.82) is 0 Å². The SMILES string of the molecule is CC(=O)c1cccc(NC(=O)[C@@H](Sc2n[nH]c(N)n2)c2ccccc2)c1. The van der Waals surface area contributed by atoms with Gasteiger partial charge in [0.05, 0.1) is 0 Å². The molecule has 0 unspecified atom stereocenters. The molecule has 0 bridgehead atoms. The topological polar surface area (TPSA) is 114 Å². The summed E-state index contributed by atoms with van der Waals surface area (Å²) in [5, 5.41) is 9.20. The van der Waals surface area contributed by atoms with Gasteiger partial charge in [-0.25, -0.2) is 5.10 Å². The molecule has 0 spiro atoms. The van der Waals surface area contributed by atoms with Gasteiger partial charge in [0.1, 0.15) is 5.25 Å². The van der Waals surface area contributed by atoms with E-state index < -0.39 is 5.25 Å². The molecule has 0 aliphatic rings. The number of rotatable bonds is 6. The van der Waals surface area contributed by atoms with E-state index in [9.17, 15) is 9.59 Å². The van der Waals surface area contributed by atoms with E-state index in [1.807, 2.05) is 30.3 Å². The Kier molecular flexibility index (Phi) is 5.33. The van der Waals surface area contributed by atoms with Crippen molar-refractivity contribution in [3.8, 4) is 0 Å². The lowest BCUT2D eigenvalue weighted by Crippen LogP contribution is -2.19. The van der Waals surface area contributed by atoms with Crippen LogP contribution in [0.1, 0.15) is 28.1 Å². The number of nitrogens with two attached hydrogens (primary N) is 1. The molecule has 8 heteroatoms. The van der Waals surface area contributed by atoms with E-state index in [0.29, 0.717) is 16.4 Å². The van der Waals surface area contributed by atoms with Crippen LogP contribution in [0, 0.1) is 0 Å². The second-order valence-electron chi connectivity index (χ2n) is 5.54. The summed E-state index contributed by atoms with van der Waals surface area (Å²) >= 11 is 1.19. The maximum absolute atomic E-state index is 12.9. The third-order valence-corrected chi connectivity index (χ3v) is 4.70. The first-order chi connectivity index (χ1) is 12.5. The number of Topliss-reactive ketones (excluding diaryl/α,β-unsaturated/α-hetero) is 1. The lowest BCUT2D eigenvalue weighted by molar-refractivity contribution is -0.115. The Bertz CT molecular complexity index is 926. The van der Waals surface area contributed by atoms with Gasteiger partial charge < -0.3 is 11.1 Å². The zero-order valence-corrected chi connectivity index (χ0v) is 14.8. The first-order valence-electron chi connectivity index (χ1n) is 7.84. The number of aromatic nitrogens is 3. The molecule has 1 amide bonds. The van der Waals surface area contributed by atoms with Gasteiger partial charge in [0.15, 0.2) is 5.78 Å². The quantitative estimate of drug-likeness (QED) is 0.456. The van der Waals surface area contributed by atoms with E-state index in [4.69, 9.17) is 5.73 Å². The number of nitrogens with zero attached hydrogens (tertiary/aromatic N) is 2. The highest BCUT2D eigenvalue weighted by Gasteiger charge is 2.24. The highest BCUT2D eigenvalue weighted by molar-refractivity contribution is 8.00. The molecule has 4 N–H and O–H groups in total. The molecule has 1 aromatic heterocycles. The van der Waals surface area contributed by atoms with E-state index >= 15 is 0 Å². The van der Waals surface area contributed by atoms with Crippen LogP contribution in [0.5, 0.6) is 0 Å². The molecule has 7 nitrogen and oxygen atoms in total. The number of anilines is 2. The van der Waals surface area contributed by atoms with Crippen LogP contribution >= 0.6 is 11.8 Å². The molecule has 1 atom stereocenters. The molecule has 0 aliphatic heterocycles. The molecule has 1 heterocycles. The van der Waals surface area contributed by atoms with E-state index in [0.717, 1.165) is 5.56 Å². The fourth-order valence-electron chi connectivity index (χ4n) is 2.34. The summed E-state index contributed by atoms with van der Waals surface area (Å²) in [5.74, 6) is -0.120. The summed E-state index contributed by atoms with van der Waals surface area (Å²) in [5.41, 5.74) is 7.46. The van der Waals surface area contributed by atoms with Crippen molar-refractivity contribution in [2.24, 2.45) is 0 Å². The Morgan fingerprint density at radius 1 is 1.15 bits per heavy atom. The van der Waals surface area contributed by atoms with Crippen LogP contribution in [0.15, 0.2) is 59.8 Å². The van der Waals surface area contributed by atoms with Crippen molar-refractivity contribution in [1.82, 2.24) is 15.2 Å². The molecule has 0 radical (unpaired) electrons. The zero-order chi connectivity index (χ0) is 18.5. The number of hydrogen-bond acceptors (Lipinski definition) is 6. The highest BCUT2D eigenvalue weighted by Crippen LogP contribution is 2.34. The van der Waals surface area contributed by atoms with E-state index in [-0.39, 0.29) is 17.6 Å². The van der Waals surface area contributed by atoms with Gasteiger partial charge in [0, 0.05) is 11.3 Å². The summed E-state index contributed by atoms with van der Waals surface area (Å²) in [4.78, 5) is 28.5. The zero-order valence-electron chi connectivity index (χ0n) is 14.0. The van der Waals surface area contributed by atoms with Crippen LogP contribution in [0.25, 0.3) is 0 Å². The Morgan fingerprint density at radius 2 is 1.92 bits per heavy atom. The fraction of sp³-hybridized carbons (Fsp3) is 0.111. The average Bonchev–Trinajstić information content (AvgIpc) is 3.05. The third-order valence-electron chi connectivity index (χ3n) is 3.58. The molecule has 3 rings (SSSR count). The number of thioether (sulfide) groups is 1. The number of H-pyrrole nitrogens is 1. The standard InChI is InChI=1S/C18H17N5O2S/c1-11(24)13-8-5-9-14(10-13)20-16(25)15(12-6-3-2-4-7-12)26-18-21-17(19)22-23-18/h2-10,15H,1H3,(H,20,25)(H3,19,21,22,23)/t15-/m0/s1. The molecule has 26 heavy (non-hydrogen) atoms. The minimum Gasteiger partial charge on any atom is -0.368 e. The fourth-order valence-corrected chi connectivity index (χ4v) is 3.26. The lowest BCUT2D eigenvalue weighted by Gasteiger charge is -2.15. The minimum atomic E-state index is -0.576. The van der Waals surface area contributed by atoms with Crippen molar-refractivity contribution in [2.45, 2.75) is 17.3 Å². The van der Waals surface area contributed by atoms with Gasteiger partial charge in [-0.2, -0.15) is 4.98 Å². The van der Waals surface area contributed by atoms with Gasteiger partial charge >= 0.3 is 0 Å². The van der Waals surface area contributed by atoms with Crippen molar-refractivity contribution in [3.05, 3.63) is 65.7 Å².